The van der Waals surface area contributed by atoms with Gasteiger partial charge in [0, 0.05) is 14.1 Å². The summed E-state index contributed by atoms with van der Waals surface area (Å²) in [5.74, 6) is -1.62. The van der Waals surface area contributed by atoms with Crippen molar-refractivity contribution in [2.24, 2.45) is 14.1 Å². The zero-order valence-electron chi connectivity index (χ0n) is 16.0. The highest BCUT2D eigenvalue weighted by Gasteiger charge is 2.31. The molecule has 0 bridgehead atoms. The van der Waals surface area contributed by atoms with Gasteiger partial charge in [0.1, 0.15) is 17.1 Å². The third-order valence-corrected chi connectivity index (χ3v) is 5.00. The third kappa shape index (κ3) is 4.60. The van der Waals surface area contributed by atoms with E-state index in [2.05, 4.69) is 20.3 Å². The number of rotatable bonds is 6. The van der Waals surface area contributed by atoms with Gasteiger partial charge in [-0.2, -0.15) is 4.68 Å². The molecule has 0 aliphatic heterocycles. The first-order valence-corrected chi connectivity index (χ1v) is 9.34. The molecular formula is C16H14F3N7O4S. The average Bonchev–Trinajstić information content (AvgIpc) is 3.17. The second kappa shape index (κ2) is 8.25. The molecule has 0 aliphatic carbocycles. The van der Waals surface area contributed by atoms with Gasteiger partial charge in [0.25, 0.3) is 5.56 Å². The molecule has 11 nitrogen and oxygen atoms in total. The van der Waals surface area contributed by atoms with E-state index in [-0.39, 0.29) is 22.3 Å². The van der Waals surface area contributed by atoms with Crippen LogP contribution < -0.4 is 21.7 Å². The van der Waals surface area contributed by atoms with Crippen molar-refractivity contribution in [2.75, 3.05) is 11.5 Å². The van der Waals surface area contributed by atoms with E-state index in [9.17, 15) is 27.6 Å². The Morgan fingerprint density at radius 1 is 1.16 bits per heavy atom. The fraction of sp³-hybridized carbons (Fsp3) is 0.250. The van der Waals surface area contributed by atoms with Crippen molar-refractivity contribution in [3.63, 3.8) is 0 Å². The normalized spacial score (nSPS) is 11.5. The molecule has 15 heteroatoms. The van der Waals surface area contributed by atoms with E-state index in [1.54, 1.807) is 0 Å². The Hall–Kier alpha value is -3.62. The Morgan fingerprint density at radius 3 is 2.42 bits per heavy atom. The summed E-state index contributed by atoms with van der Waals surface area (Å²) in [5, 5.41) is 11.1. The molecule has 0 saturated heterocycles. The number of carbonyl (C=O) groups is 1. The van der Waals surface area contributed by atoms with Gasteiger partial charge in [-0.05, 0) is 34.7 Å². The maximum Gasteiger partial charge on any atom is 0.573 e. The summed E-state index contributed by atoms with van der Waals surface area (Å²) in [4.78, 5) is 36.7. The van der Waals surface area contributed by atoms with Crippen molar-refractivity contribution in [1.82, 2.24) is 29.3 Å². The number of ketones is 1. The van der Waals surface area contributed by atoms with Crippen molar-refractivity contribution in [1.29, 1.82) is 0 Å². The molecular weight excluding hydrogens is 443 g/mol. The Labute approximate surface area is 175 Å². The number of Topliss-reactive ketones (excluding diaryl/α,β-unsaturated/α-hetero) is 1. The monoisotopic (exact) mass is 457 g/mol. The number of alkyl halides is 3. The number of nitrogens with two attached hydrogens (primary N) is 1. The minimum Gasteiger partial charge on any atom is -0.406 e. The van der Waals surface area contributed by atoms with Gasteiger partial charge in [-0.1, -0.05) is 11.8 Å². The second-order valence-electron chi connectivity index (χ2n) is 6.09. The zero-order valence-corrected chi connectivity index (χ0v) is 16.8. The zero-order chi connectivity index (χ0) is 22.9. The van der Waals surface area contributed by atoms with Crippen LogP contribution in [0.5, 0.6) is 5.75 Å². The maximum atomic E-state index is 12.6. The summed E-state index contributed by atoms with van der Waals surface area (Å²) in [5.41, 5.74) is 4.23. The van der Waals surface area contributed by atoms with Gasteiger partial charge in [-0.3, -0.25) is 18.7 Å². The molecule has 0 atom stereocenters. The predicted molar refractivity (Wildman–Crippen MR) is 102 cm³/mol. The largest absolute Gasteiger partial charge is 0.573 e. The van der Waals surface area contributed by atoms with Gasteiger partial charge < -0.3 is 10.5 Å². The Balaban J connectivity index is 1.80. The molecule has 0 aliphatic rings. The van der Waals surface area contributed by atoms with E-state index in [0.29, 0.717) is 5.69 Å². The number of thioether (sulfide) groups is 1. The number of hydrogen-bond donors (Lipinski definition) is 1. The molecule has 164 valence electrons. The predicted octanol–water partition coefficient (Wildman–Crippen LogP) is 0.515. The summed E-state index contributed by atoms with van der Waals surface area (Å²) in [7, 11) is 2.55. The smallest absolute Gasteiger partial charge is 0.406 e. The number of ether oxygens (including phenoxy) is 1. The fourth-order valence-electron chi connectivity index (χ4n) is 2.54. The van der Waals surface area contributed by atoms with Crippen LogP contribution in [0.25, 0.3) is 5.69 Å². The molecule has 2 N–H and O–H groups in total. The Bertz CT molecular complexity index is 1250. The number of nitrogens with zero attached hydrogens (tertiary/aromatic N) is 6. The molecule has 3 aromatic rings. The summed E-state index contributed by atoms with van der Waals surface area (Å²) < 4.78 is 43.6. The number of nitrogen functional groups attached to an aromatic ring is 1. The summed E-state index contributed by atoms with van der Waals surface area (Å²) in [6.45, 7) is 0. The molecule has 31 heavy (non-hydrogen) atoms. The molecule has 0 radical (unpaired) electrons. The van der Waals surface area contributed by atoms with Crippen molar-refractivity contribution in [2.45, 2.75) is 11.5 Å². The Kier molecular flexibility index (Phi) is 5.88. The van der Waals surface area contributed by atoms with Crippen LogP contribution >= 0.6 is 11.8 Å². The van der Waals surface area contributed by atoms with Crippen LogP contribution in [0.1, 0.15) is 10.4 Å². The van der Waals surface area contributed by atoms with Crippen LogP contribution in [-0.4, -0.2) is 47.2 Å². The van der Waals surface area contributed by atoms with Gasteiger partial charge in [0.15, 0.2) is 5.78 Å². The minimum atomic E-state index is -4.82. The van der Waals surface area contributed by atoms with Crippen LogP contribution in [0.3, 0.4) is 0 Å². The highest BCUT2D eigenvalue weighted by Crippen LogP contribution is 2.25. The van der Waals surface area contributed by atoms with Gasteiger partial charge in [-0.15, -0.1) is 18.3 Å². The quantitative estimate of drug-likeness (QED) is 0.414. The number of benzene rings is 1. The first-order valence-electron chi connectivity index (χ1n) is 8.35. The van der Waals surface area contributed by atoms with Crippen LogP contribution in [0.2, 0.25) is 0 Å². The number of tetrazole rings is 1. The lowest BCUT2D eigenvalue weighted by Gasteiger charge is -2.11. The van der Waals surface area contributed by atoms with Gasteiger partial charge in [0.2, 0.25) is 5.16 Å². The van der Waals surface area contributed by atoms with Gasteiger partial charge >= 0.3 is 12.1 Å². The average molecular weight is 457 g/mol. The number of hydrogen-bond acceptors (Lipinski definition) is 9. The lowest BCUT2D eigenvalue weighted by atomic mass is 10.2. The third-order valence-electron chi connectivity index (χ3n) is 4.08. The number of halogens is 3. The van der Waals surface area contributed by atoms with Crippen molar-refractivity contribution in [3.8, 4) is 11.4 Å². The molecule has 1 aromatic carbocycles. The van der Waals surface area contributed by atoms with Crippen molar-refractivity contribution >= 4 is 23.4 Å². The highest BCUT2D eigenvalue weighted by atomic mass is 32.2. The Morgan fingerprint density at radius 2 is 1.81 bits per heavy atom. The van der Waals surface area contributed by atoms with E-state index in [1.807, 2.05) is 0 Å². The van der Waals surface area contributed by atoms with E-state index < -0.39 is 29.1 Å². The molecule has 3 rings (SSSR count). The van der Waals surface area contributed by atoms with E-state index in [4.69, 9.17) is 5.73 Å². The first-order chi connectivity index (χ1) is 14.5. The molecule has 0 unspecified atom stereocenters. The van der Waals surface area contributed by atoms with Crippen molar-refractivity contribution in [3.05, 3.63) is 50.7 Å². The lowest BCUT2D eigenvalue weighted by Crippen LogP contribution is -2.41. The number of carbonyl (C=O) groups excluding carboxylic acids is 1. The molecule has 0 fully saturated rings. The topological polar surface area (TPSA) is 140 Å². The second-order valence-corrected chi connectivity index (χ2v) is 7.04. The van der Waals surface area contributed by atoms with Crippen LogP contribution in [0, 0.1) is 0 Å². The summed E-state index contributed by atoms with van der Waals surface area (Å²) in [6.07, 6.45) is -4.82. The molecule has 2 aromatic heterocycles. The van der Waals surface area contributed by atoms with E-state index >= 15 is 0 Å². The van der Waals surface area contributed by atoms with Crippen molar-refractivity contribution < 1.29 is 22.7 Å². The number of aromatic nitrogens is 6. The molecule has 0 saturated carbocycles. The summed E-state index contributed by atoms with van der Waals surface area (Å²) in [6, 6.07) is 4.76. The first kappa shape index (κ1) is 22.1. The van der Waals surface area contributed by atoms with Gasteiger partial charge in [-0.25, -0.2) is 4.79 Å². The summed E-state index contributed by atoms with van der Waals surface area (Å²) >= 11 is 0.874. The van der Waals surface area contributed by atoms with Crippen LogP contribution in [0.4, 0.5) is 19.0 Å². The number of anilines is 1. The maximum absolute atomic E-state index is 12.6. The fourth-order valence-corrected chi connectivity index (χ4v) is 3.31. The SMILES string of the molecule is Cn1c(N)c(C(=O)CSc2nnnn2-c2ccc(OC(F)(F)F)cc2)c(=O)n(C)c1=O. The van der Waals surface area contributed by atoms with E-state index in [0.717, 1.165) is 33.0 Å². The van der Waals surface area contributed by atoms with E-state index in [1.165, 1.54) is 30.9 Å². The van der Waals surface area contributed by atoms with Gasteiger partial charge in [0.05, 0.1) is 11.4 Å². The lowest BCUT2D eigenvalue weighted by molar-refractivity contribution is -0.274. The molecule has 0 amide bonds. The standard InChI is InChI=1S/C16H14F3N7O4S/c1-24-12(20)11(13(28)25(2)15(24)29)10(27)7-31-14-21-22-23-26(14)8-3-5-9(6-4-8)30-16(17,18)19/h3-6H,7,20H2,1-2H3. The van der Waals surface area contributed by atoms with Crippen LogP contribution in [0.15, 0.2) is 39.0 Å². The molecule has 2 heterocycles. The molecule has 0 spiro atoms. The van der Waals surface area contributed by atoms with Crippen LogP contribution in [-0.2, 0) is 14.1 Å². The minimum absolute atomic E-state index is 0.137. The highest BCUT2D eigenvalue weighted by molar-refractivity contribution is 7.99.